The van der Waals surface area contributed by atoms with Crippen molar-refractivity contribution in [3.05, 3.63) is 29.3 Å². The average Bonchev–Trinajstić information content (AvgIpc) is 2.49. The molecule has 0 spiro atoms. The summed E-state index contributed by atoms with van der Waals surface area (Å²) < 4.78 is 0. The molecule has 1 heterocycles. The van der Waals surface area contributed by atoms with Crippen molar-refractivity contribution < 1.29 is 4.79 Å². The Morgan fingerprint density at radius 3 is 2.55 bits per heavy atom. The molecule has 0 unspecified atom stereocenters. The first kappa shape index (κ1) is 21.2. The van der Waals surface area contributed by atoms with E-state index in [4.69, 9.17) is 5.73 Å². The zero-order valence-electron chi connectivity index (χ0n) is 13.3. The van der Waals surface area contributed by atoms with Crippen LogP contribution in [-0.4, -0.2) is 19.0 Å². The van der Waals surface area contributed by atoms with Gasteiger partial charge in [-0.15, -0.1) is 24.8 Å². The first-order chi connectivity index (χ1) is 9.65. The average molecular weight is 348 g/mol. The molecule has 1 aliphatic rings. The maximum Gasteiger partial charge on any atom is 0.231 e. The van der Waals surface area contributed by atoms with Gasteiger partial charge in [-0.3, -0.25) is 4.79 Å². The molecule has 0 radical (unpaired) electrons. The number of rotatable bonds is 5. The molecule has 0 atom stereocenters. The van der Waals surface area contributed by atoms with Crippen LogP contribution in [-0.2, 0) is 17.8 Å². The van der Waals surface area contributed by atoms with E-state index in [0.717, 1.165) is 38.0 Å². The zero-order valence-corrected chi connectivity index (χ0v) is 14.9. The van der Waals surface area contributed by atoms with E-state index in [2.05, 4.69) is 22.8 Å². The van der Waals surface area contributed by atoms with Crippen LogP contribution in [0.4, 0.5) is 5.69 Å². The number of amides is 1. The van der Waals surface area contributed by atoms with Gasteiger partial charge >= 0.3 is 0 Å². The molecule has 1 aromatic rings. The number of anilines is 1. The fourth-order valence-electron chi connectivity index (χ4n) is 2.77. The van der Waals surface area contributed by atoms with Crippen molar-refractivity contribution in [2.24, 2.45) is 11.1 Å². The number of fused-ring (bicyclic) bond motifs is 1. The number of nitrogens with two attached hydrogens (primary N) is 1. The van der Waals surface area contributed by atoms with Gasteiger partial charge in [0.2, 0.25) is 5.91 Å². The van der Waals surface area contributed by atoms with Gasteiger partial charge in [0, 0.05) is 18.8 Å². The molecular formula is C16H27Cl2N3O. The summed E-state index contributed by atoms with van der Waals surface area (Å²) in [4.78, 5) is 12.5. The van der Waals surface area contributed by atoms with Crippen molar-refractivity contribution in [2.75, 3.05) is 18.4 Å². The van der Waals surface area contributed by atoms with Crippen molar-refractivity contribution >= 4 is 36.4 Å². The highest BCUT2D eigenvalue weighted by atomic mass is 35.5. The standard InChI is InChI=1S/C16H25N3O.2ClH/c1-3-16(4-2,11-17)15(20)19-14-6-5-12-7-8-18-10-13(12)9-14;;/h5-6,9,18H,3-4,7-8,10-11,17H2,1-2H3,(H,19,20);2*1H. The van der Waals surface area contributed by atoms with Crippen LogP contribution in [0.25, 0.3) is 0 Å². The van der Waals surface area contributed by atoms with Crippen LogP contribution in [0, 0.1) is 5.41 Å². The van der Waals surface area contributed by atoms with Crippen LogP contribution in [0.2, 0.25) is 0 Å². The van der Waals surface area contributed by atoms with E-state index in [1.807, 2.05) is 19.9 Å². The summed E-state index contributed by atoms with van der Waals surface area (Å²) in [5.41, 5.74) is 8.90. The van der Waals surface area contributed by atoms with Crippen LogP contribution in [0.3, 0.4) is 0 Å². The van der Waals surface area contributed by atoms with Crippen molar-refractivity contribution in [1.82, 2.24) is 5.32 Å². The van der Waals surface area contributed by atoms with Crippen molar-refractivity contribution in [3.63, 3.8) is 0 Å². The number of hydrogen-bond acceptors (Lipinski definition) is 3. The summed E-state index contributed by atoms with van der Waals surface area (Å²) in [6.07, 6.45) is 2.58. The highest BCUT2D eigenvalue weighted by Crippen LogP contribution is 2.27. The highest BCUT2D eigenvalue weighted by Gasteiger charge is 2.33. The monoisotopic (exact) mass is 347 g/mol. The summed E-state index contributed by atoms with van der Waals surface area (Å²) >= 11 is 0. The predicted molar refractivity (Wildman–Crippen MR) is 97.0 cm³/mol. The minimum atomic E-state index is -0.450. The molecule has 0 saturated carbocycles. The molecule has 126 valence electrons. The summed E-state index contributed by atoms with van der Waals surface area (Å²) in [7, 11) is 0. The lowest BCUT2D eigenvalue weighted by molar-refractivity contribution is -0.125. The summed E-state index contributed by atoms with van der Waals surface area (Å²) in [6, 6.07) is 6.19. The lowest BCUT2D eigenvalue weighted by atomic mass is 9.81. The van der Waals surface area contributed by atoms with Crippen molar-refractivity contribution in [2.45, 2.75) is 39.7 Å². The lowest BCUT2D eigenvalue weighted by Crippen LogP contribution is -2.41. The van der Waals surface area contributed by atoms with E-state index >= 15 is 0 Å². The van der Waals surface area contributed by atoms with Gasteiger partial charge in [0.15, 0.2) is 0 Å². The second kappa shape index (κ2) is 9.36. The summed E-state index contributed by atoms with van der Waals surface area (Å²) in [5.74, 6) is 0.0359. The summed E-state index contributed by atoms with van der Waals surface area (Å²) in [6.45, 7) is 6.33. The van der Waals surface area contributed by atoms with Gasteiger partial charge in [-0.25, -0.2) is 0 Å². The second-order valence-corrected chi connectivity index (χ2v) is 5.56. The first-order valence-corrected chi connectivity index (χ1v) is 7.49. The van der Waals surface area contributed by atoms with Crippen LogP contribution in [0.5, 0.6) is 0 Å². The van der Waals surface area contributed by atoms with E-state index < -0.39 is 5.41 Å². The van der Waals surface area contributed by atoms with Crippen LogP contribution >= 0.6 is 24.8 Å². The molecule has 0 aromatic heterocycles. The minimum Gasteiger partial charge on any atom is -0.329 e. The Labute approximate surface area is 145 Å². The van der Waals surface area contributed by atoms with E-state index in [0.29, 0.717) is 6.54 Å². The maximum atomic E-state index is 12.5. The van der Waals surface area contributed by atoms with Gasteiger partial charge in [0.25, 0.3) is 0 Å². The molecule has 22 heavy (non-hydrogen) atoms. The fraction of sp³-hybridized carbons (Fsp3) is 0.562. The van der Waals surface area contributed by atoms with Crippen molar-refractivity contribution in [3.8, 4) is 0 Å². The Hall–Kier alpha value is -0.810. The minimum absolute atomic E-state index is 0. The van der Waals surface area contributed by atoms with E-state index in [-0.39, 0.29) is 30.7 Å². The highest BCUT2D eigenvalue weighted by molar-refractivity contribution is 5.95. The second-order valence-electron chi connectivity index (χ2n) is 5.56. The van der Waals surface area contributed by atoms with Crippen LogP contribution < -0.4 is 16.4 Å². The number of nitrogens with one attached hydrogen (secondary N) is 2. The van der Waals surface area contributed by atoms with Gasteiger partial charge in [0.1, 0.15) is 0 Å². The lowest BCUT2D eigenvalue weighted by Gasteiger charge is -2.29. The normalized spacial score (nSPS) is 13.4. The Balaban J connectivity index is 0.00000220. The maximum absolute atomic E-state index is 12.5. The van der Waals surface area contributed by atoms with Crippen LogP contribution in [0.15, 0.2) is 18.2 Å². The largest absolute Gasteiger partial charge is 0.329 e. The molecule has 0 fully saturated rings. The molecular weight excluding hydrogens is 321 g/mol. The number of benzene rings is 1. The molecule has 0 saturated heterocycles. The fourth-order valence-corrected chi connectivity index (χ4v) is 2.77. The van der Waals surface area contributed by atoms with Gasteiger partial charge < -0.3 is 16.4 Å². The van der Waals surface area contributed by atoms with Crippen LogP contribution in [0.1, 0.15) is 37.8 Å². The molecule has 1 aromatic carbocycles. The van der Waals surface area contributed by atoms with Gasteiger partial charge in [-0.05, 0) is 49.1 Å². The van der Waals surface area contributed by atoms with Crippen molar-refractivity contribution in [1.29, 1.82) is 0 Å². The number of carbonyl (C=O) groups is 1. The molecule has 6 heteroatoms. The third kappa shape index (κ3) is 4.35. The topological polar surface area (TPSA) is 67.2 Å². The quantitative estimate of drug-likeness (QED) is 0.767. The number of hydrogen-bond donors (Lipinski definition) is 3. The first-order valence-electron chi connectivity index (χ1n) is 7.49. The van der Waals surface area contributed by atoms with Gasteiger partial charge in [-0.1, -0.05) is 19.9 Å². The number of carbonyl (C=O) groups excluding carboxylic acids is 1. The van der Waals surface area contributed by atoms with E-state index in [1.165, 1.54) is 11.1 Å². The molecule has 4 nitrogen and oxygen atoms in total. The van der Waals surface area contributed by atoms with Gasteiger partial charge in [0.05, 0.1) is 5.41 Å². The molecule has 0 aliphatic carbocycles. The number of halogens is 2. The molecule has 4 N–H and O–H groups in total. The Morgan fingerprint density at radius 1 is 1.27 bits per heavy atom. The van der Waals surface area contributed by atoms with E-state index in [1.54, 1.807) is 0 Å². The molecule has 0 bridgehead atoms. The molecule has 2 rings (SSSR count). The Morgan fingerprint density at radius 2 is 1.95 bits per heavy atom. The molecule has 1 aliphatic heterocycles. The van der Waals surface area contributed by atoms with Gasteiger partial charge in [-0.2, -0.15) is 0 Å². The third-order valence-corrected chi connectivity index (χ3v) is 4.58. The Kier molecular flexibility index (Phi) is 9.01. The smallest absolute Gasteiger partial charge is 0.231 e. The SMILES string of the molecule is CCC(CC)(CN)C(=O)Nc1ccc2c(c1)CNCC2.Cl.Cl. The third-order valence-electron chi connectivity index (χ3n) is 4.58. The summed E-state index contributed by atoms with van der Waals surface area (Å²) in [5, 5.41) is 6.39. The Bertz CT molecular complexity index is 482. The molecule has 1 amide bonds. The predicted octanol–water partition coefficient (Wildman–Crippen LogP) is 2.88. The van der Waals surface area contributed by atoms with E-state index in [9.17, 15) is 4.79 Å². The zero-order chi connectivity index (χ0) is 14.6.